The molecule has 1 saturated heterocycles. The maximum absolute atomic E-state index is 12.7. The number of carbonyl (C=O) groups is 1. The third-order valence-electron chi connectivity index (χ3n) is 7.17. The molecule has 0 aliphatic carbocycles. The SMILES string of the molecule is CCN1CCN(c2ccc(NC(=O)CCc3c(C)nc4cc(-c5ccccc5)nn4c3C)cc2)CC1. The molecule has 1 aliphatic heterocycles. The van der Waals surface area contributed by atoms with Gasteiger partial charge in [0.15, 0.2) is 5.65 Å². The number of anilines is 2. The molecule has 1 amide bonds. The molecule has 2 aromatic carbocycles. The number of hydrogen-bond donors (Lipinski definition) is 1. The Balaban J connectivity index is 1.22. The predicted molar refractivity (Wildman–Crippen MR) is 146 cm³/mol. The summed E-state index contributed by atoms with van der Waals surface area (Å²) in [5.41, 5.74) is 7.88. The van der Waals surface area contributed by atoms with E-state index in [1.807, 2.05) is 60.0 Å². The predicted octanol–water partition coefficient (Wildman–Crippen LogP) is 4.73. The maximum atomic E-state index is 12.7. The number of likely N-dealkylation sites (N-methyl/N-ethyl adjacent to an activating group) is 1. The summed E-state index contributed by atoms with van der Waals surface area (Å²) in [6.45, 7) is 11.7. The number of piperazine rings is 1. The van der Waals surface area contributed by atoms with E-state index >= 15 is 0 Å². The lowest BCUT2D eigenvalue weighted by atomic mass is 10.1. The van der Waals surface area contributed by atoms with Crippen LogP contribution in [0.5, 0.6) is 0 Å². The summed E-state index contributed by atoms with van der Waals surface area (Å²) >= 11 is 0. The number of amides is 1. The van der Waals surface area contributed by atoms with Crippen LogP contribution in [0.1, 0.15) is 30.3 Å². The van der Waals surface area contributed by atoms with Crippen molar-refractivity contribution in [3.63, 3.8) is 0 Å². The Morgan fingerprint density at radius 3 is 2.39 bits per heavy atom. The summed E-state index contributed by atoms with van der Waals surface area (Å²) in [7, 11) is 0. The van der Waals surface area contributed by atoms with Crippen molar-refractivity contribution in [2.75, 3.05) is 42.9 Å². The fraction of sp³-hybridized carbons (Fsp3) is 0.345. The fourth-order valence-electron chi connectivity index (χ4n) is 4.98. The number of aryl methyl sites for hydroxylation is 2. The molecule has 0 spiro atoms. The quantitative estimate of drug-likeness (QED) is 0.413. The van der Waals surface area contributed by atoms with Crippen molar-refractivity contribution >= 4 is 22.9 Å². The first-order valence-corrected chi connectivity index (χ1v) is 12.8. The van der Waals surface area contributed by atoms with Gasteiger partial charge in [-0.2, -0.15) is 5.10 Å². The van der Waals surface area contributed by atoms with E-state index in [0.717, 1.165) is 72.3 Å². The van der Waals surface area contributed by atoms with Gasteiger partial charge < -0.3 is 15.1 Å². The summed E-state index contributed by atoms with van der Waals surface area (Å²) in [6.07, 6.45) is 1.01. The summed E-state index contributed by atoms with van der Waals surface area (Å²) < 4.78 is 1.89. The zero-order valence-corrected chi connectivity index (χ0v) is 21.4. The molecule has 3 heterocycles. The van der Waals surface area contributed by atoms with Crippen LogP contribution >= 0.6 is 0 Å². The van der Waals surface area contributed by atoms with E-state index in [0.29, 0.717) is 12.8 Å². The second-order valence-corrected chi connectivity index (χ2v) is 9.44. The third kappa shape index (κ3) is 5.11. The van der Waals surface area contributed by atoms with E-state index in [4.69, 9.17) is 10.1 Å². The van der Waals surface area contributed by atoms with E-state index in [2.05, 4.69) is 41.1 Å². The lowest BCUT2D eigenvalue weighted by Gasteiger charge is -2.35. The minimum absolute atomic E-state index is 0.00338. The molecule has 0 saturated carbocycles. The highest BCUT2D eigenvalue weighted by atomic mass is 16.1. The van der Waals surface area contributed by atoms with Gasteiger partial charge >= 0.3 is 0 Å². The van der Waals surface area contributed by atoms with Crippen LogP contribution in [0.25, 0.3) is 16.9 Å². The van der Waals surface area contributed by atoms with Crippen LogP contribution in [0.3, 0.4) is 0 Å². The van der Waals surface area contributed by atoms with Crippen molar-refractivity contribution < 1.29 is 4.79 Å². The Kier molecular flexibility index (Phi) is 7.00. The first-order chi connectivity index (χ1) is 17.5. The van der Waals surface area contributed by atoms with Crippen molar-refractivity contribution in [1.82, 2.24) is 19.5 Å². The first-order valence-electron chi connectivity index (χ1n) is 12.8. The second kappa shape index (κ2) is 10.5. The van der Waals surface area contributed by atoms with E-state index in [1.165, 1.54) is 5.69 Å². The van der Waals surface area contributed by atoms with Crippen LogP contribution in [0.2, 0.25) is 0 Å². The van der Waals surface area contributed by atoms with E-state index < -0.39 is 0 Å². The smallest absolute Gasteiger partial charge is 0.224 e. The zero-order valence-electron chi connectivity index (χ0n) is 21.4. The molecule has 0 bridgehead atoms. The van der Waals surface area contributed by atoms with Crippen molar-refractivity contribution in [2.45, 2.75) is 33.6 Å². The van der Waals surface area contributed by atoms with Crippen molar-refractivity contribution in [1.29, 1.82) is 0 Å². The molecule has 36 heavy (non-hydrogen) atoms. The van der Waals surface area contributed by atoms with Gasteiger partial charge in [-0.3, -0.25) is 4.79 Å². The Hall–Kier alpha value is -3.71. The average Bonchev–Trinajstić information content (AvgIpc) is 3.34. The highest BCUT2D eigenvalue weighted by Gasteiger charge is 2.17. The minimum Gasteiger partial charge on any atom is -0.369 e. The lowest BCUT2D eigenvalue weighted by molar-refractivity contribution is -0.116. The van der Waals surface area contributed by atoms with Gasteiger partial charge in [0.25, 0.3) is 0 Å². The zero-order chi connectivity index (χ0) is 25.1. The van der Waals surface area contributed by atoms with Gasteiger partial charge in [0.05, 0.1) is 5.69 Å². The summed E-state index contributed by atoms with van der Waals surface area (Å²) in [5.74, 6) is 0.00338. The van der Waals surface area contributed by atoms with Crippen LogP contribution in [0.15, 0.2) is 60.7 Å². The Morgan fingerprint density at radius 2 is 1.69 bits per heavy atom. The van der Waals surface area contributed by atoms with Crippen LogP contribution in [-0.4, -0.2) is 58.1 Å². The van der Waals surface area contributed by atoms with E-state index in [-0.39, 0.29) is 5.91 Å². The van der Waals surface area contributed by atoms with E-state index in [1.54, 1.807) is 0 Å². The molecule has 1 aliphatic rings. The van der Waals surface area contributed by atoms with Gasteiger partial charge in [-0.25, -0.2) is 9.50 Å². The molecule has 1 N–H and O–H groups in total. The molecule has 0 atom stereocenters. The largest absolute Gasteiger partial charge is 0.369 e. The first kappa shape index (κ1) is 24.0. The standard InChI is InChI=1S/C29H34N6O/c1-4-33-16-18-34(19-17-33)25-12-10-24(11-13-25)31-29(36)15-14-26-21(2)30-28-20-27(32-35(28)22(26)3)23-8-6-5-7-9-23/h5-13,20H,4,14-19H2,1-3H3,(H,31,36). The molecule has 5 rings (SSSR count). The Morgan fingerprint density at radius 1 is 0.972 bits per heavy atom. The molecule has 0 unspecified atom stereocenters. The van der Waals surface area contributed by atoms with Gasteiger partial charge in [-0.1, -0.05) is 37.3 Å². The fourth-order valence-corrected chi connectivity index (χ4v) is 4.98. The minimum atomic E-state index is 0.00338. The topological polar surface area (TPSA) is 65.8 Å². The van der Waals surface area contributed by atoms with Gasteiger partial charge in [0, 0.05) is 67.0 Å². The number of aromatic nitrogens is 3. The molecule has 0 radical (unpaired) electrons. The normalized spacial score (nSPS) is 14.4. The number of nitrogens with one attached hydrogen (secondary N) is 1. The Labute approximate surface area is 212 Å². The molecule has 7 heteroatoms. The van der Waals surface area contributed by atoms with Crippen LogP contribution < -0.4 is 10.2 Å². The van der Waals surface area contributed by atoms with Gasteiger partial charge in [-0.05, 0) is 56.6 Å². The summed E-state index contributed by atoms with van der Waals surface area (Å²) in [5, 5.41) is 7.83. The number of fused-ring (bicyclic) bond motifs is 1. The number of rotatable bonds is 7. The van der Waals surface area contributed by atoms with Gasteiger partial charge in [-0.15, -0.1) is 0 Å². The van der Waals surface area contributed by atoms with Crippen LogP contribution in [-0.2, 0) is 11.2 Å². The van der Waals surface area contributed by atoms with E-state index in [9.17, 15) is 4.79 Å². The van der Waals surface area contributed by atoms with Gasteiger partial charge in [0.2, 0.25) is 5.91 Å². The lowest BCUT2D eigenvalue weighted by Crippen LogP contribution is -2.46. The van der Waals surface area contributed by atoms with Gasteiger partial charge in [0.1, 0.15) is 0 Å². The molecule has 4 aromatic rings. The number of nitrogens with zero attached hydrogens (tertiary/aromatic N) is 5. The second-order valence-electron chi connectivity index (χ2n) is 9.44. The monoisotopic (exact) mass is 482 g/mol. The average molecular weight is 483 g/mol. The highest BCUT2D eigenvalue weighted by molar-refractivity contribution is 5.91. The molecule has 1 fully saturated rings. The van der Waals surface area contributed by atoms with Crippen LogP contribution in [0, 0.1) is 13.8 Å². The summed E-state index contributed by atoms with van der Waals surface area (Å²) in [4.78, 5) is 22.4. The molecular formula is C29H34N6O. The summed E-state index contributed by atoms with van der Waals surface area (Å²) in [6, 6.07) is 20.3. The van der Waals surface area contributed by atoms with Crippen molar-refractivity contribution in [3.8, 4) is 11.3 Å². The van der Waals surface area contributed by atoms with Crippen LogP contribution in [0.4, 0.5) is 11.4 Å². The van der Waals surface area contributed by atoms with Crippen molar-refractivity contribution in [2.24, 2.45) is 0 Å². The third-order valence-corrected chi connectivity index (χ3v) is 7.17. The number of carbonyl (C=O) groups excluding carboxylic acids is 1. The van der Waals surface area contributed by atoms with Crippen molar-refractivity contribution in [3.05, 3.63) is 77.6 Å². The molecule has 186 valence electrons. The molecule has 7 nitrogen and oxygen atoms in total. The Bertz CT molecular complexity index is 1340. The number of hydrogen-bond acceptors (Lipinski definition) is 5. The molecule has 2 aromatic heterocycles. The maximum Gasteiger partial charge on any atom is 0.224 e. The molecular weight excluding hydrogens is 448 g/mol. The number of benzene rings is 2. The highest BCUT2D eigenvalue weighted by Crippen LogP contribution is 2.23.